The molecule has 0 aliphatic carbocycles. The highest BCUT2D eigenvalue weighted by atomic mass is 19.1. The predicted molar refractivity (Wildman–Crippen MR) is 98.4 cm³/mol. The fourth-order valence-electron chi connectivity index (χ4n) is 4.14. The van der Waals surface area contributed by atoms with Gasteiger partial charge in [0.25, 0.3) is 11.9 Å². The van der Waals surface area contributed by atoms with Crippen molar-refractivity contribution in [1.82, 2.24) is 29.6 Å². The van der Waals surface area contributed by atoms with Gasteiger partial charge in [-0.15, -0.1) is 0 Å². The Bertz CT molecular complexity index is 978. The van der Waals surface area contributed by atoms with E-state index in [0.29, 0.717) is 49.4 Å². The number of likely N-dealkylation sites (tertiary alicyclic amines) is 1. The number of halogens is 1. The lowest BCUT2D eigenvalue weighted by Crippen LogP contribution is -2.33. The first-order chi connectivity index (χ1) is 13.7. The molecule has 0 bridgehead atoms. The van der Waals surface area contributed by atoms with Gasteiger partial charge in [0.05, 0.1) is 5.69 Å². The van der Waals surface area contributed by atoms with Gasteiger partial charge in [0, 0.05) is 56.0 Å². The van der Waals surface area contributed by atoms with Crippen LogP contribution in [0.15, 0.2) is 49.3 Å². The van der Waals surface area contributed by atoms with E-state index in [4.69, 9.17) is 0 Å². The number of carbonyl (C=O) groups is 1. The van der Waals surface area contributed by atoms with Crippen LogP contribution >= 0.6 is 0 Å². The second-order valence-corrected chi connectivity index (χ2v) is 7.19. The van der Waals surface area contributed by atoms with Gasteiger partial charge in [0.2, 0.25) is 0 Å². The van der Waals surface area contributed by atoms with Gasteiger partial charge < -0.3 is 9.80 Å². The van der Waals surface area contributed by atoms with Crippen LogP contribution in [0.25, 0.3) is 5.69 Å². The number of amides is 1. The normalized spacial score (nSPS) is 21.2. The SMILES string of the molecule is O=C(c1ccc(-n2cncn2)cc1)N1C[C@@H]2CN(c3nccnc3F)C[C@@H]2C1. The molecule has 5 rings (SSSR count). The van der Waals surface area contributed by atoms with Gasteiger partial charge in [-0.2, -0.15) is 9.49 Å². The molecule has 2 aliphatic heterocycles. The van der Waals surface area contributed by atoms with Crippen molar-refractivity contribution in [1.29, 1.82) is 0 Å². The summed E-state index contributed by atoms with van der Waals surface area (Å²) in [7, 11) is 0. The molecular formula is C19H18FN7O. The molecule has 0 spiro atoms. The molecule has 9 heteroatoms. The van der Waals surface area contributed by atoms with E-state index in [1.54, 1.807) is 11.0 Å². The minimum atomic E-state index is -0.539. The second kappa shape index (κ2) is 6.66. The zero-order chi connectivity index (χ0) is 19.1. The molecule has 1 aromatic carbocycles. The summed E-state index contributed by atoms with van der Waals surface area (Å²) < 4.78 is 15.5. The third-order valence-corrected chi connectivity index (χ3v) is 5.51. The monoisotopic (exact) mass is 379 g/mol. The van der Waals surface area contributed by atoms with Crippen LogP contribution in [0.3, 0.4) is 0 Å². The number of hydrogen-bond donors (Lipinski definition) is 0. The Hall–Kier alpha value is -3.36. The fourth-order valence-corrected chi connectivity index (χ4v) is 4.14. The number of fused-ring (bicyclic) bond motifs is 1. The zero-order valence-corrected chi connectivity index (χ0v) is 15.0. The van der Waals surface area contributed by atoms with Gasteiger partial charge in [-0.05, 0) is 24.3 Å². The highest BCUT2D eigenvalue weighted by Gasteiger charge is 2.42. The predicted octanol–water partition coefficient (Wildman–Crippen LogP) is 1.40. The maximum Gasteiger partial charge on any atom is 0.255 e. The Morgan fingerprint density at radius 3 is 2.36 bits per heavy atom. The molecule has 3 aromatic rings. The number of benzene rings is 1. The van der Waals surface area contributed by atoms with Gasteiger partial charge in [-0.1, -0.05) is 0 Å². The molecule has 0 unspecified atom stereocenters. The summed E-state index contributed by atoms with van der Waals surface area (Å²) in [6, 6.07) is 7.35. The van der Waals surface area contributed by atoms with Crippen molar-refractivity contribution in [3.05, 3.63) is 60.8 Å². The van der Waals surface area contributed by atoms with Crippen LogP contribution in [0.1, 0.15) is 10.4 Å². The summed E-state index contributed by atoms with van der Waals surface area (Å²) in [5.41, 5.74) is 1.51. The molecule has 4 heterocycles. The molecule has 142 valence electrons. The first-order valence-electron chi connectivity index (χ1n) is 9.15. The first-order valence-corrected chi connectivity index (χ1v) is 9.15. The van der Waals surface area contributed by atoms with Crippen LogP contribution in [0.4, 0.5) is 10.2 Å². The topological polar surface area (TPSA) is 80.0 Å². The second-order valence-electron chi connectivity index (χ2n) is 7.19. The quantitative estimate of drug-likeness (QED) is 0.685. The summed E-state index contributed by atoms with van der Waals surface area (Å²) in [5, 5.41) is 4.08. The molecule has 0 radical (unpaired) electrons. The molecule has 0 saturated carbocycles. The molecule has 1 amide bonds. The van der Waals surface area contributed by atoms with Crippen molar-refractivity contribution in [3.63, 3.8) is 0 Å². The molecule has 2 atom stereocenters. The molecule has 2 fully saturated rings. The van der Waals surface area contributed by atoms with Gasteiger partial charge in [0.1, 0.15) is 12.7 Å². The van der Waals surface area contributed by atoms with Crippen molar-refractivity contribution in [2.45, 2.75) is 0 Å². The largest absolute Gasteiger partial charge is 0.352 e. The van der Waals surface area contributed by atoms with Crippen LogP contribution in [0.5, 0.6) is 0 Å². The minimum absolute atomic E-state index is 0.0248. The fraction of sp³-hybridized carbons (Fsp3) is 0.316. The van der Waals surface area contributed by atoms with E-state index in [9.17, 15) is 9.18 Å². The minimum Gasteiger partial charge on any atom is -0.352 e. The summed E-state index contributed by atoms with van der Waals surface area (Å²) in [5.74, 6) is 0.428. The van der Waals surface area contributed by atoms with Crippen LogP contribution in [0, 0.1) is 17.8 Å². The van der Waals surface area contributed by atoms with Crippen LogP contribution in [-0.2, 0) is 0 Å². The Kier molecular flexibility index (Phi) is 4.00. The lowest BCUT2D eigenvalue weighted by atomic mass is 10.0. The number of rotatable bonds is 3. The molecule has 2 aromatic heterocycles. The maximum absolute atomic E-state index is 13.9. The molecule has 0 N–H and O–H groups in total. The summed E-state index contributed by atoms with van der Waals surface area (Å²) in [6.07, 6.45) is 5.94. The average Bonchev–Trinajstić information content (AvgIpc) is 3.44. The Labute approximate surface area is 160 Å². The molecule has 2 saturated heterocycles. The van der Waals surface area contributed by atoms with Gasteiger partial charge >= 0.3 is 0 Å². The zero-order valence-electron chi connectivity index (χ0n) is 15.0. The van der Waals surface area contributed by atoms with Crippen molar-refractivity contribution in [3.8, 4) is 5.69 Å². The van der Waals surface area contributed by atoms with Gasteiger partial charge in [0.15, 0.2) is 5.82 Å². The average molecular weight is 379 g/mol. The lowest BCUT2D eigenvalue weighted by molar-refractivity contribution is 0.0782. The van der Waals surface area contributed by atoms with Crippen molar-refractivity contribution in [2.75, 3.05) is 31.1 Å². The number of hydrogen-bond acceptors (Lipinski definition) is 6. The van der Waals surface area contributed by atoms with Crippen molar-refractivity contribution >= 4 is 11.7 Å². The number of aromatic nitrogens is 5. The maximum atomic E-state index is 13.9. The van der Waals surface area contributed by atoms with Crippen LogP contribution in [-0.4, -0.2) is 61.7 Å². The number of nitrogens with zero attached hydrogens (tertiary/aromatic N) is 7. The Balaban J connectivity index is 1.25. The molecule has 8 nitrogen and oxygen atoms in total. The van der Waals surface area contributed by atoms with E-state index in [0.717, 1.165) is 5.69 Å². The van der Waals surface area contributed by atoms with E-state index < -0.39 is 5.95 Å². The van der Waals surface area contributed by atoms with E-state index in [1.807, 2.05) is 34.1 Å². The van der Waals surface area contributed by atoms with Crippen LogP contribution < -0.4 is 4.90 Å². The highest BCUT2D eigenvalue weighted by molar-refractivity contribution is 5.94. The first kappa shape index (κ1) is 16.8. The van der Waals surface area contributed by atoms with Crippen molar-refractivity contribution < 1.29 is 9.18 Å². The standard InChI is InChI=1S/C19H18FN7O/c20-17-18(23-6-5-22-17)25-7-14-9-26(10-15(14)8-25)19(28)13-1-3-16(4-2-13)27-12-21-11-24-27/h1-6,11-12,14-15H,7-10H2/t14-,15+. The third kappa shape index (κ3) is 2.88. The van der Waals surface area contributed by atoms with Gasteiger partial charge in [-0.25, -0.2) is 19.6 Å². The Morgan fingerprint density at radius 1 is 1.00 bits per heavy atom. The number of carbonyl (C=O) groups excluding carboxylic acids is 1. The van der Waals surface area contributed by atoms with E-state index >= 15 is 0 Å². The molecule has 2 aliphatic rings. The van der Waals surface area contributed by atoms with Crippen molar-refractivity contribution in [2.24, 2.45) is 11.8 Å². The number of anilines is 1. The van der Waals surface area contributed by atoms with Crippen LogP contribution in [0.2, 0.25) is 0 Å². The lowest BCUT2D eigenvalue weighted by Gasteiger charge is -2.22. The smallest absolute Gasteiger partial charge is 0.255 e. The highest BCUT2D eigenvalue weighted by Crippen LogP contribution is 2.34. The van der Waals surface area contributed by atoms with E-state index in [2.05, 4.69) is 20.1 Å². The van der Waals surface area contributed by atoms with E-state index in [-0.39, 0.29) is 5.91 Å². The van der Waals surface area contributed by atoms with Gasteiger partial charge in [-0.3, -0.25) is 4.79 Å². The summed E-state index contributed by atoms with van der Waals surface area (Å²) in [4.78, 5) is 28.4. The summed E-state index contributed by atoms with van der Waals surface area (Å²) in [6.45, 7) is 2.73. The Morgan fingerprint density at radius 2 is 1.71 bits per heavy atom. The molecular weight excluding hydrogens is 361 g/mol. The summed E-state index contributed by atoms with van der Waals surface area (Å²) >= 11 is 0. The van der Waals surface area contributed by atoms with E-state index in [1.165, 1.54) is 18.7 Å². The molecule has 28 heavy (non-hydrogen) atoms. The third-order valence-electron chi connectivity index (χ3n) is 5.51.